The number of hydrogen-bond acceptors (Lipinski definition) is 2. The summed E-state index contributed by atoms with van der Waals surface area (Å²) in [7, 11) is 0.725. The highest BCUT2D eigenvalue weighted by atomic mass is 28.2. The first-order valence-corrected chi connectivity index (χ1v) is 4.79. The highest BCUT2D eigenvalue weighted by molar-refractivity contribution is 5.98. The van der Waals surface area contributed by atoms with Crippen LogP contribution in [0.5, 0.6) is 0 Å². The number of benzene rings is 1. The van der Waals surface area contributed by atoms with Gasteiger partial charge in [-0.15, -0.1) is 0 Å². The van der Waals surface area contributed by atoms with Crippen molar-refractivity contribution in [2.75, 3.05) is 5.73 Å². The quantitative estimate of drug-likeness (QED) is 0.541. The number of rotatable bonds is 2. The number of anilines is 1. The van der Waals surface area contributed by atoms with E-state index in [1.165, 1.54) is 0 Å². The van der Waals surface area contributed by atoms with Gasteiger partial charge in [-0.2, -0.15) is 0 Å². The molecule has 2 N–H and O–H groups in total. The van der Waals surface area contributed by atoms with E-state index in [2.05, 4.69) is 0 Å². The lowest BCUT2D eigenvalue weighted by Gasteiger charge is -2.25. The minimum atomic E-state index is -0.239. The van der Waals surface area contributed by atoms with Crippen LogP contribution in [0.15, 0.2) is 24.3 Å². The van der Waals surface area contributed by atoms with Gasteiger partial charge in [0.1, 0.15) is 10.5 Å². The molecule has 0 aliphatic rings. The third-order valence-corrected chi connectivity index (χ3v) is 3.14. The Morgan fingerprint density at radius 2 is 1.92 bits per heavy atom. The molecule has 0 bridgehead atoms. The van der Waals surface area contributed by atoms with Gasteiger partial charge in [0.2, 0.25) is 0 Å². The molecular weight excluding hydrogens is 166 g/mol. The molecule has 0 saturated carbocycles. The first-order chi connectivity index (χ1) is 5.58. The van der Waals surface area contributed by atoms with E-state index < -0.39 is 0 Å². The number of para-hydroxylation sites is 1. The van der Waals surface area contributed by atoms with E-state index in [1.807, 2.05) is 38.1 Å². The smallest absolute Gasteiger partial charge is 0.147 e. The summed E-state index contributed by atoms with van der Waals surface area (Å²) in [6.07, 6.45) is 0. The molecule has 1 aromatic carbocycles. The average molecular weight is 181 g/mol. The summed E-state index contributed by atoms with van der Waals surface area (Å²) in [6, 6.07) is 7.82. The maximum atomic E-state index is 5.82. The molecule has 0 aromatic heterocycles. The Kier molecular flexibility index (Phi) is 2.54. The van der Waals surface area contributed by atoms with Crippen LogP contribution in [-0.2, 0) is 10.0 Å². The summed E-state index contributed by atoms with van der Waals surface area (Å²) < 4.78 is 5.46. The number of nitrogen functional groups attached to an aromatic ring is 1. The summed E-state index contributed by atoms with van der Waals surface area (Å²) in [5.41, 5.74) is 7.45. The van der Waals surface area contributed by atoms with Gasteiger partial charge in [0.25, 0.3) is 0 Å². The lowest BCUT2D eigenvalue weighted by Crippen LogP contribution is -2.21. The summed E-state index contributed by atoms with van der Waals surface area (Å²) in [6.45, 7) is 4.07. The fourth-order valence-electron chi connectivity index (χ4n) is 1.16. The molecule has 0 atom stereocenters. The first kappa shape index (κ1) is 9.29. The molecule has 1 aromatic rings. The van der Waals surface area contributed by atoms with Gasteiger partial charge in [-0.25, -0.2) is 0 Å². The predicted octanol–water partition coefficient (Wildman–Crippen LogP) is 0.801. The highest BCUT2D eigenvalue weighted by Crippen LogP contribution is 2.27. The SMILES string of the molecule is CC(C)(O[SiH3])c1ccccc1N. The Hall–Kier alpha value is -0.803. The third kappa shape index (κ3) is 1.68. The van der Waals surface area contributed by atoms with E-state index in [-0.39, 0.29) is 5.60 Å². The molecular formula is C9H15NOSi. The second-order valence-electron chi connectivity index (χ2n) is 3.30. The standard InChI is InChI=1S/C9H15NOSi/c1-9(2,11-12)7-5-3-4-6-8(7)10/h3-6H,10H2,1-2,12H3. The second-order valence-corrected chi connectivity index (χ2v) is 3.71. The lowest BCUT2D eigenvalue weighted by molar-refractivity contribution is 0.124. The van der Waals surface area contributed by atoms with Crippen LogP contribution in [0.25, 0.3) is 0 Å². The third-order valence-electron chi connectivity index (χ3n) is 2.12. The largest absolute Gasteiger partial charge is 0.419 e. The van der Waals surface area contributed by atoms with Gasteiger partial charge >= 0.3 is 0 Å². The Labute approximate surface area is 76.3 Å². The zero-order valence-electron chi connectivity index (χ0n) is 7.79. The molecule has 0 fully saturated rings. The minimum Gasteiger partial charge on any atom is -0.419 e. The van der Waals surface area contributed by atoms with Gasteiger partial charge in [-0.1, -0.05) is 18.2 Å². The molecule has 0 heterocycles. The molecule has 0 radical (unpaired) electrons. The van der Waals surface area contributed by atoms with Crippen LogP contribution >= 0.6 is 0 Å². The van der Waals surface area contributed by atoms with E-state index in [0.717, 1.165) is 21.7 Å². The van der Waals surface area contributed by atoms with E-state index in [1.54, 1.807) is 0 Å². The van der Waals surface area contributed by atoms with Gasteiger partial charge in [-0.05, 0) is 19.9 Å². The van der Waals surface area contributed by atoms with Crippen molar-refractivity contribution in [3.63, 3.8) is 0 Å². The maximum absolute atomic E-state index is 5.82. The van der Waals surface area contributed by atoms with Crippen molar-refractivity contribution in [1.29, 1.82) is 0 Å². The Balaban J connectivity index is 3.10. The van der Waals surface area contributed by atoms with E-state index in [4.69, 9.17) is 10.2 Å². The van der Waals surface area contributed by atoms with Gasteiger partial charge in [0.05, 0.1) is 5.60 Å². The van der Waals surface area contributed by atoms with E-state index >= 15 is 0 Å². The minimum absolute atomic E-state index is 0.239. The molecule has 66 valence electrons. The molecule has 0 spiro atoms. The fraction of sp³-hybridized carbons (Fsp3) is 0.333. The van der Waals surface area contributed by atoms with Gasteiger partial charge in [0.15, 0.2) is 0 Å². The number of nitrogens with two attached hydrogens (primary N) is 1. The van der Waals surface area contributed by atoms with Gasteiger partial charge in [-0.3, -0.25) is 0 Å². The van der Waals surface area contributed by atoms with Crippen LogP contribution in [0.3, 0.4) is 0 Å². The van der Waals surface area contributed by atoms with Crippen LogP contribution in [0.1, 0.15) is 19.4 Å². The van der Waals surface area contributed by atoms with Crippen molar-refractivity contribution in [2.24, 2.45) is 0 Å². The molecule has 12 heavy (non-hydrogen) atoms. The highest BCUT2D eigenvalue weighted by Gasteiger charge is 2.20. The summed E-state index contributed by atoms with van der Waals surface area (Å²) >= 11 is 0. The Morgan fingerprint density at radius 3 is 2.42 bits per heavy atom. The number of hydrogen-bond donors (Lipinski definition) is 1. The fourth-order valence-corrected chi connectivity index (χ4v) is 1.38. The van der Waals surface area contributed by atoms with Crippen molar-refractivity contribution in [2.45, 2.75) is 19.4 Å². The van der Waals surface area contributed by atoms with Crippen molar-refractivity contribution in [3.8, 4) is 0 Å². The molecule has 0 amide bonds. The van der Waals surface area contributed by atoms with E-state index in [9.17, 15) is 0 Å². The predicted molar refractivity (Wildman–Crippen MR) is 54.9 cm³/mol. The molecule has 1 rings (SSSR count). The van der Waals surface area contributed by atoms with Crippen molar-refractivity contribution >= 4 is 16.2 Å². The van der Waals surface area contributed by atoms with Crippen LogP contribution < -0.4 is 5.73 Å². The Bertz CT molecular complexity index is 273. The molecule has 0 aliphatic carbocycles. The molecule has 0 unspecified atom stereocenters. The molecule has 3 heteroatoms. The second kappa shape index (κ2) is 3.29. The summed E-state index contributed by atoms with van der Waals surface area (Å²) in [5, 5.41) is 0. The molecule has 2 nitrogen and oxygen atoms in total. The van der Waals surface area contributed by atoms with Gasteiger partial charge < -0.3 is 10.2 Å². The Morgan fingerprint density at radius 1 is 1.33 bits per heavy atom. The van der Waals surface area contributed by atoms with Crippen LogP contribution in [0, 0.1) is 0 Å². The van der Waals surface area contributed by atoms with Crippen molar-refractivity contribution < 1.29 is 4.43 Å². The summed E-state index contributed by atoms with van der Waals surface area (Å²) in [5.74, 6) is 0. The monoisotopic (exact) mass is 181 g/mol. The normalized spacial score (nSPS) is 11.8. The topological polar surface area (TPSA) is 35.2 Å². The molecule has 0 saturated heterocycles. The lowest BCUT2D eigenvalue weighted by atomic mass is 9.97. The zero-order valence-corrected chi connectivity index (χ0v) is 9.79. The van der Waals surface area contributed by atoms with E-state index in [0.29, 0.717) is 0 Å². The van der Waals surface area contributed by atoms with Crippen LogP contribution in [-0.4, -0.2) is 10.5 Å². The van der Waals surface area contributed by atoms with Crippen LogP contribution in [0.2, 0.25) is 0 Å². The maximum Gasteiger partial charge on any atom is 0.147 e. The average Bonchev–Trinajstić information content (AvgIpc) is 2.05. The van der Waals surface area contributed by atoms with Crippen molar-refractivity contribution in [1.82, 2.24) is 0 Å². The van der Waals surface area contributed by atoms with Crippen LogP contribution in [0.4, 0.5) is 5.69 Å². The first-order valence-electron chi connectivity index (χ1n) is 3.98. The summed E-state index contributed by atoms with van der Waals surface area (Å²) in [4.78, 5) is 0. The van der Waals surface area contributed by atoms with Gasteiger partial charge in [0, 0.05) is 11.3 Å². The molecule has 0 aliphatic heterocycles. The van der Waals surface area contributed by atoms with Crippen molar-refractivity contribution in [3.05, 3.63) is 29.8 Å². The zero-order chi connectivity index (χ0) is 9.19.